The van der Waals surface area contributed by atoms with Gasteiger partial charge in [-0.1, -0.05) is 54.6 Å². The number of benzene rings is 3. The molecule has 0 aliphatic carbocycles. The highest BCUT2D eigenvalue weighted by Crippen LogP contribution is 2.31. The summed E-state index contributed by atoms with van der Waals surface area (Å²) in [7, 11) is 0. The fourth-order valence-electron chi connectivity index (χ4n) is 3.16. The van der Waals surface area contributed by atoms with Crippen LogP contribution in [0.15, 0.2) is 89.6 Å². The Labute approximate surface area is 198 Å². The smallest absolute Gasteiger partial charge is 0.395 e. The van der Waals surface area contributed by atoms with Gasteiger partial charge in [-0.3, -0.25) is 4.79 Å². The van der Waals surface area contributed by atoms with Gasteiger partial charge in [-0.2, -0.15) is 13.2 Å². The Morgan fingerprint density at radius 1 is 1.06 bits per heavy atom. The molecule has 0 heterocycles. The standard InChI is InChI=1S/C25H22F4N4O2/c26-19-11-5-10-18(23(34)16-7-2-1-3-8-16)22(19)33-24(35)20(13-21(31)25(27,28)29)32-17-9-4-6-15(12-17)14-30/h1-13,23,34H,14,30-31H2,(H,33,35). The number of allylic oxidation sites excluding steroid dienone is 1. The minimum absolute atomic E-state index is 0.00167. The molecule has 0 bridgehead atoms. The summed E-state index contributed by atoms with van der Waals surface area (Å²) < 4.78 is 54.0. The number of carbonyl (C=O) groups is 1. The summed E-state index contributed by atoms with van der Waals surface area (Å²) >= 11 is 0. The van der Waals surface area contributed by atoms with Gasteiger partial charge in [0.15, 0.2) is 0 Å². The number of hydrogen-bond acceptors (Lipinski definition) is 5. The van der Waals surface area contributed by atoms with Gasteiger partial charge in [-0.05, 0) is 35.4 Å². The molecule has 1 amide bonds. The fraction of sp³-hybridized carbons (Fsp3) is 0.120. The fourth-order valence-corrected chi connectivity index (χ4v) is 3.16. The second-order valence-electron chi connectivity index (χ2n) is 7.44. The van der Waals surface area contributed by atoms with Crippen molar-refractivity contribution in [2.24, 2.45) is 16.5 Å². The first-order chi connectivity index (χ1) is 16.6. The van der Waals surface area contributed by atoms with Gasteiger partial charge in [0, 0.05) is 12.1 Å². The Bertz CT molecular complexity index is 1260. The molecule has 35 heavy (non-hydrogen) atoms. The highest BCUT2D eigenvalue weighted by molar-refractivity contribution is 6.47. The summed E-state index contributed by atoms with van der Waals surface area (Å²) in [6.07, 6.45) is -5.88. The van der Waals surface area contributed by atoms with Crippen LogP contribution < -0.4 is 16.8 Å². The zero-order valence-electron chi connectivity index (χ0n) is 18.3. The predicted octanol–water partition coefficient (Wildman–Crippen LogP) is 4.48. The Morgan fingerprint density at radius 3 is 2.40 bits per heavy atom. The van der Waals surface area contributed by atoms with Gasteiger partial charge in [-0.15, -0.1) is 0 Å². The quantitative estimate of drug-likeness (QED) is 0.291. The first kappa shape index (κ1) is 25.6. The highest BCUT2D eigenvalue weighted by atomic mass is 19.4. The van der Waals surface area contributed by atoms with Crippen LogP contribution in [0.1, 0.15) is 22.8 Å². The van der Waals surface area contributed by atoms with Crippen molar-refractivity contribution in [2.45, 2.75) is 18.8 Å². The minimum atomic E-state index is -4.92. The third kappa shape index (κ3) is 6.52. The number of anilines is 1. The number of hydrogen-bond donors (Lipinski definition) is 4. The summed E-state index contributed by atoms with van der Waals surface area (Å²) in [5.41, 5.74) is 9.19. The van der Waals surface area contributed by atoms with Crippen LogP contribution in [0.4, 0.5) is 28.9 Å². The van der Waals surface area contributed by atoms with Crippen LogP contribution in [-0.2, 0) is 11.3 Å². The van der Waals surface area contributed by atoms with E-state index in [1.807, 2.05) is 0 Å². The normalized spacial score (nSPS) is 13.4. The summed E-state index contributed by atoms with van der Waals surface area (Å²) in [6, 6.07) is 18.2. The van der Waals surface area contributed by atoms with Crippen molar-refractivity contribution in [3.05, 3.63) is 107 Å². The van der Waals surface area contributed by atoms with Crippen LogP contribution in [0, 0.1) is 5.82 Å². The molecule has 10 heteroatoms. The summed E-state index contributed by atoms with van der Waals surface area (Å²) in [5, 5.41) is 13.0. The summed E-state index contributed by atoms with van der Waals surface area (Å²) in [4.78, 5) is 17.0. The molecular formula is C25H22F4N4O2. The van der Waals surface area contributed by atoms with Crippen LogP contribution in [0.5, 0.6) is 0 Å². The van der Waals surface area contributed by atoms with Gasteiger partial charge < -0.3 is 21.9 Å². The number of nitrogens with two attached hydrogens (primary N) is 2. The number of carbonyl (C=O) groups excluding carboxylic acids is 1. The van der Waals surface area contributed by atoms with Crippen molar-refractivity contribution in [1.82, 2.24) is 0 Å². The van der Waals surface area contributed by atoms with E-state index in [2.05, 4.69) is 10.3 Å². The van der Waals surface area contributed by atoms with E-state index in [1.54, 1.807) is 42.5 Å². The monoisotopic (exact) mass is 486 g/mol. The van der Waals surface area contributed by atoms with E-state index in [0.29, 0.717) is 17.2 Å². The molecule has 3 aromatic rings. The molecule has 0 saturated heterocycles. The number of aliphatic hydroxyl groups excluding tert-OH is 1. The lowest BCUT2D eigenvalue weighted by Crippen LogP contribution is -2.27. The van der Waals surface area contributed by atoms with E-state index in [-0.39, 0.29) is 17.8 Å². The van der Waals surface area contributed by atoms with Crippen LogP contribution in [0.2, 0.25) is 0 Å². The van der Waals surface area contributed by atoms with E-state index in [0.717, 1.165) is 6.07 Å². The highest BCUT2D eigenvalue weighted by Gasteiger charge is 2.32. The van der Waals surface area contributed by atoms with E-state index < -0.39 is 41.1 Å². The maximum Gasteiger partial charge on any atom is 0.430 e. The molecule has 0 fully saturated rings. The van der Waals surface area contributed by atoms with Crippen molar-refractivity contribution in [3.8, 4) is 0 Å². The minimum Gasteiger partial charge on any atom is -0.395 e. The number of amides is 1. The Hall–Kier alpha value is -4.02. The average Bonchev–Trinajstić information content (AvgIpc) is 2.84. The van der Waals surface area contributed by atoms with Crippen LogP contribution >= 0.6 is 0 Å². The largest absolute Gasteiger partial charge is 0.430 e. The van der Waals surface area contributed by atoms with Gasteiger partial charge in [0.25, 0.3) is 5.91 Å². The van der Waals surface area contributed by atoms with Crippen LogP contribution in [0.3, 0.4) is 0 Å². The molecule has 1 unspecified atom stereocenters. The molecule has 6 N–H and O–H groups in total. The number of nitrogens with one attached hydrogen (secondary N) is 1. The number of aliphatic hydroxyl groups is 1. The van der Waals surface area contributed by atoms with Gasteiger partial charge in [0.1, 0.15) is 23.3 Å². The van der Waals surface area contributed by atoms with Crippen LogP contribution in [-0.4, -0.2) is 22.9 Å². The van der Waals surface area contributed by atoms with Crippen molar-refractivity contribution in [3.63, 3.8) is 0 Å². The number of halogens is 4. The molecule has 0 spiro atoms. The molecule has 0 saturated carbocycles. The van der Waals surface area contributed by atoms with Gasteiger partial charge in [0.05, 0.1) is 11.4 Å². The summed E-state index contributed by atoms with van der Waals surface area (Å²) in [5.74, 6) is -2.06. The van der Waals surface area contributed by atoms with Crippen molar-refractivity contribution in [1.29, 1.82) is 0 Å². The van der Waals surface area contributed by atoms with E-state index in [9.17, 15) is 27.5 Å². The topological polar surface area (TPSA) is 114 Å². The molecule has 182 valence electrons. The van der Waals surface area contributed by atoms with Gasteiger partial charge >= 0.3 is 6.18 Å². The third-order valence-corrected chi connectivity index (χ3v) is 4.94. The molecule has 3 aromatic carbocycles. The molecular weight excluding hydrogens is 464 g/mol. The number of rotatable bonds is 7. The Balaban J connectivity index is 2.04. The average molecular weight is 486 g/mol. The zero-order chi connectivity index (χ0) is 25.6. The molecule has 0 aliphatic rings. The SMILES string of the molecule is NCc1cccc(N=C(C=C(N)C(F)(F)F)C(=O)Nc2c(F)cccc2C(O)c2ccccc2)c1. The van der Waals surface area contributed by atoms with Crippen molar-refractivity contribution in [2.75, 3.05) is 5.32 Å². The Kier molecular flexibility index (Phi) is 8.00. The van der Waals surface area contributed by atoms with Crippen LogP contribution in [0.25, 0.3) is 0 Å². The molecule has 6 nitrogen and oxygen atoms in total. The Morgan fingerprint density at radius 2 is 1.74 bits per heavy atom. The lowest BCUT2D eigenvalue weighted by atomic mass is 9.99. The molecule has 0 aliphatic heterocycles. The van der Waals surface area contributed by atoms with Gasteiger partial charge in [0.2, 0.25) is 0 Å². The molecule has 3 rings (SSSR count). The second-order valence-corrected chi connectivity index (χ2v) is 7.44. The van der Waals surface area contributed by atoms with Crippen molar-refractivity contribution >= 4 is 23.0 Å². The lowest BCUT2D eigenvalue weighted by molar-refractivity contribution is -0.110. The van der Waals surface area contributed by atoms with E-state index >= 15 is 0 Å². The number of alkyl halides is 3. The molecule has 0 radical (unpaired) electrons. The molecule has 1 atom stereocenters. The molecule has 0 aromatic heterocycles. The van der Waals surface area contributed by atoms with Gasteiger partial charge in [-0.25, -0.2) is 9.38 Å². The number of aliphatic imine (C=N–C) groups is 1. The third-order valence-electron chi connectivity index (χ3n) is 4.94. The lowest BCUT2D eigenvalue weighted by Gasteiger charge is -2.17. The first-order valence-electron chi connectivity index (χ1n) is 10.3. The summed E-state index contributed by atoms with van der Waals surface area (Å²) in [6.45, 7) is 0.140. The number of nitrogens with zero attached hydrogens (tertiary/aromatic N) is 1. The second kappa shape index (κ2) is 10.9. The zero-order valence-corrected chi connectivity index (χ0v) is 18.3. The maximum atomic E-state index is 14.7. The van der Waals surface area contributed by atoms with Crippen molar-refractivity contribution < 1.29 is 27.5 Å². The predicted molar refractivity (Wildman–Crippen MR) is 125 cm³/mol. The maximum absolute atomic E-state index is 14.7. The van der Waals surface area contributed by atoms with E-state index in [1.165, 1.54) is 24.3 Å². The van der Waals surface area contributed by atoms with E-state index in [4.69, 9.17) is 11.5 Å². The number of para-hydroxylation sites is 1. The first-order valence-corrected chi connectivity index (χ1v) is 10.3.